The minimum Gasteiger partial charge on any atom is -0.343 e. The summed E-state index contributed by atoms with van der Waals surface area (Å²) < 4.78 is 0. The summed E-state index contributed by atoms with van der Waals surface area (Å²) in [6.07, 6.45) is 3.44. The third-order valence-electron chi connectivity index (χ3n) is 5.57. The van der Waals surface area contributed by atoms with Crippen molar-refractivity contribution in [2.24, 2.45) is 0 Å². The van der Waals surface area contributed by atoms with Crippen LogP contribution in [0, 0.1) is 0 Å². The number of hydrogen-bond acceptors (Lipinski definition) is 4. The van der Waals surface area contributed by atoms with Gasteiger partial charge in [0, 0.05) is 37.8 Å². The zero-order valence-corrected chi connectivity index (χ0v) is 16.7. The summed E-state index contributed by atoms with van der Waals surface area (Å²) in [4.78, 5) is 38.3. The molecule has 0 unspecified atom stereocenters. The largest absolute Gasteiger partial charge is 0.343 e. The van der Waals surface area contributed by atoms with Crippen LogP contribution in [-0.2, 0) is 4.79 Å². The van der Waals surface area contributed by atoms with Crippen molar-refractivity contribution in [1.82, 2.24) is 25.2 Å². The second-order valence-corrected chi connectivity index (χ2v) is 7.59. The highest BCUT2D eigenvalue weighted by molar-refractivity contribution is 5.94. The van der Waals surface area contributed by atoms with Gasteiger partial charge >= 0.3 is 0 Å². The third kappa shape index (κ3) is 4.13. The van der Waals surface area contributed by atoms with Crippen molar-refractivity contribution in [2.75, 3.05) is 13.1 Å². The minimum absolute atomic E-state index is 0.127. The molecule has 2 amide bonds. The Morgan fingerprint density at radius 2 is 1.93 bits per heavy atom. The van der Waals surface area contributed by atoms with Crippen LogP contribution in [0.5, 0.6) is 0 Å². The summed E-state index contributed by atoms with van der Waals surface area (Å²) in [5, 5.41) is 2.97. The number of fused-ring (bicyclic) bond motifs is 1. The quantitative estimate of drug-likeness (QED) is 0.715. The van der Waals surface area contributed by atoms with Crippen molar-refractivity contribution < 1.29 is 9.59 Å². The van der Waals surface area contributed by atoms with Gasteiger partial charge in [-0.1, -0.05) is 12.1 Å². The van der Waals surface area contributed by atoms with E-state index in [9.17, 15) is 9.59 Å². The van der Waals surface area contributed by atoms with Crippen LogP contribution in [0.4, 0.5) is 0 Å². The van der Waals surface area contributed by atoms with Gasteiger partial charge in [-0.3, -0.25) is 14.6 Å². The number of carbonyl (C=O) groups excluding carboxylic acids is 2. The molecule has 1 atom stereocenters. The highest BCUT2D eigenvalue weighted by Gasteiger charge is 2.23. The molecule has 0 spiro atoms. The van der Waals surface area contributed by atoms with Crippen LogP contribution < -0.4 is 5.32 Å². The van der Waals surface area contributed by atoms with E-state index in [1.54, 1.807) is 13.1 Å². The second-order valence-electron chi connectivity index (χ2n) is 7.59. The highest BCUT2D eigenvalue weighted by Crippen LogP contribution is 2.26. The van der Waals surface area contributed by atoms with Crippen molar-refractivity contribution in [1.29, 1.82) is 0 Å². The fourth-order valence-corrected chi connectivity index (χ4v) is 3.80. The molecule has 3 aromatic rings. The number of nitrogens with one attached hydrogen (secondary N) is 2. The molecule has 0 bridgehead atoms. The van der Waals surface area contributed by atoms with E-state index >= 15 is 0 Å². The highest BCUT2D eigenvalue weighted by atomic mass is 16.2. The smallest absolute Gasteiger partial charge is 0.253 e. The van der Waals surface area contributed by atoms with E-state index in [1.165, 1.54) is 0 Å². The molecule has 150 valence electrons. The molecule has 2 N–H and O–H groups in total. The maximum absolute atomic E-state index is 12.6. The Hall–Kier alpha value is -3.22. The number of imidazole rings is 1. The van der Waals surface area contributed by atoms with Crippen molar-refractivity contribution in [3.05, 3.63) is 59.7 Å². The maximum Gasteiger partial charge on any atom is 0.253 e. The van der Waals surface area contributed by atoms with Gasteiger partial charge in [0.25, 0.3) is 5.91 Å². The van der Waals surface area contributed by atoms with Crippen LogP contribution in [-0.4, -0.2) is 44.8 Å². The number of hydrogen-bond donors (Lipinski definition) is 2. The first-order valence-electron chi connectivity index (χ1n) is 9.98. The summed E-state index contributed by atoms with van der Waals surface area (Å²) >= 11 is 0. The van der Waals surface area contributed by atoms with Gasteiger partial charge in [-0.25, -0.2) is 4.98 Å². The van der Waals surface area contributed by atoms with E-state index in [4.69, 9.17) is 0 Å². The van der Waals surface area contributed by atoms with E-state index in [1.807, 2.05) is 48.2 Å². The van der Waals surface area contributed by atoms with E-state index in [0.717, 1.165) is 48.5 Å². The number of nitrogens with zero attached hydrogens (tertiary/aromatic N) is 3. The molecule has 1 saturated heterocycles. The summed E-state index contributed by atoms with van der Waals surface area (Å²) in [5.41, 5.74) is 3.34. The topological polar surface area (TPSA) is 91.0 Å². The van der Waals surface area contributed by atoms with Crippen LogP contribution in [0.25, 0.3) is 11.0 Å². The van der Waals surface area contributed by atoms with Crippen molar-refractivity contribution in [2.45, 2.75) is 38.6 Å². The molecule has 1 fully saturated rings. The van der Waals surface area contributed by atoms with E-state index in [2.05, 4.69) is 20.3 Å². The fourth-order valence-electron chi connectivity index (χ4n) is 3.80. The lowest BCUT2D eigenvalue weighted by Gasteiger charge is -2.31. The number of carbonyl (C=O) groups is 2. The lowest BCUT2D eigenvalue weighted by atomic mass is 9.93. The minimum atomic E-state index is -0.245. The Bertz CT molecular complexity index is 986. The molecule has 29 heavy (non-hydrogen) atoms. The zero-order chi connectivity index (χ0) is 20.4. The Kier molecular flexibility index (Phi) is 5.29. The normalized spacial score (nSPS) is 16.0. The lowest BCUT2D eigenvalue weighted by Crippen LogP contribution is -2.36. The van der Waals surface area contributed by atoms with Gasteiger partial charge in [0.15, 0.2) is 0 Å². The molecule has 4 rings (SSSR count). The van der Waals surface area contributed by atoms with E-state index in [-0.39, 0.29) is 17.9 Å². The summed E-state index contributed by atoms with van der Waals surface area (Å²) in [6, 6.07) is 11.3. The SMILES string of the molecule is CC(=O)N1CCC(c2ccc(C(=O)N[C@H](C)c3nc4ccccc4[nH]3)cn2)CC1. The van der Waals surface area contributed by atoms with Crippen LogP contribution in [0.3, 0.4) is 0 Å². The Labute approximate surface area is 169 Å². The first kappa shape index (κ1) is 19.1. The average Bonchev–Trinajstić information content (AvgIpc) is 3.18. The van der Waals surface area contributed by atoms with Crippen molar-refractivity contribution in [3.63, 3.8) is 0 Å². The molecule has 2 aromatic heterocycles. The van der Waals surface area contributed by atoms with Gasteiger partial charge in [-0.2, -0.15) is 0 Å². The fraction of sp³-hybridized carbons (Fsp3) is 0.364. The molecule has 0 radical (unpaired) electrons. The first-order valence-corrected chi connectivity index (χ1v) is 9.98. The molecular weight excluding hydrogens is 366 g/mol. The average molecular weight is 391 g/mol. The van der Waals surface area contributed by atoms with Crippen LogP contribution in [0.2, 0.25) is 0 Å². The predicted octanol–water partition coefficient (Wildman–Crippen LogP) is 3.17. The number of amides is 2. The van der Waals surface area contributed by atoms with Crippen LogP contribution >= 0.6 is 0 Å². The number of pyridine rings is 1. The third-order valence-corrected chi connectivity index (χ3v) is 5.57. The molecule has 7 heteroatoms. The molecule has 0 aliphatic carbocycles. The molecule has 1 aromatic carbocycles. The van der Waals surface area contributed by atoms with Gasteiger partial charge in [-0.05, 0) is 44.0 Å². The predicted molar refractivity (Wildman–Crippen MR) is 110 cm³/mol. The van der Waals surface area contributed by atoms with Crippen LogP contribution in [0.1, 0.15) is 60.5 Å². The Morgan fingerprint density at radius 3 is 2.59 bits per heavy atom. The molecule has 0 saturated carbocycles. The number of benzene rings is 1. The number of para-hydroxylation sites is 2. The standard InChI is InChI=1S/C22H25N5O2/c1-14(21-25-19-5-3-4-6-20(19)26-21)24-22(29)17-7-8-18(23-13-17)16-9-11-27(12-10-16)15(2)28/h3-8,13-14,16H,9-12H2,1-2H3,(H,24,29)(H,25,26)/t14-/m1/s1. The van der Waals surface area contributed by atoms with Gasteiger partial charge in [0.1, 0.15) is 5.82 Å². The van der Waals surface area contributed by atoms with Gasteiger partial charge in [0.2, 0.25) is 5.91 Å². The van der Waals surface area contributed by atoms with Crippen molar-refractivity contribution >= 4 is 22.8 Å². The number of H-pyrrole nitrogens is 1. The molecule has 3 heterocycles. The Balaban J connectivity index is 1.38. The number of aromatic amines is 1. The van der Waals surface area contributed by atoms with E-state index in [0.29, 0.717) is 11.5 Å². The molecule has 7 nitrogen and oxygen atoms in total. The number of likely N-dealkylation sites (tertiary alicyclic amines) is 1. The summed E-state index contributed by atoms with van der Waals surface area (Å²) in [6.45, 7) is 5.04. The number of piperidine rings is 1. The molecule has 1 aliphatic rings. The van der Waals surface area contributed by atoms with E-state index < -0.39 is 0 Å². The van der Waals surface area contributed by atoms with Gasteiger partial charge in [-0.15, -0.1) is 0 Å². The molecular formula is C22H25N5O2. The van der Waals surface area contributed by atoms with Crippen LogP contribution in [0.15, 0.2) is 42.6 Å². The van der Waals surface area contributed by atoms with Gasteiger partial charge in [0.05, 0.1) is 22.6 Å². The Morgan fingerprint density at radius 1 is 1.17 bits per heavy atom. The zero-order valence-electron chi connectivity index (χ0n) is 16.7. The summed E-state index contributed by atoms with van der Waals surface area (Å²) in [7, 11) is 0. The molecule has 1 aliphatic heterocycles. The summed E-state index contributed by atoms with van der Waals surface area (Å²) in [5.74, 6) is 1.00. The lowest BCUT2D eigenvalue weighted by molar-refractivity contribution is -0.129. The monoisotopic (exact) mass is 391 g/mol. The van der Waals surface area contributed by atoms with Gasteiger partial charge < -0.3 is 15.2 Å². The maximum atomic E-state index is 12.6. The number of aromatic nitrogens is 3. The second kappa shape index (κ2) is 8.03. The van der Waals surface area contributed by atoms with Crippen molar-refractivity contribution in [3.8, 4) is 0 Å². The number of rotatable bonds is 4. The first-order chi connectivity index (χ1) is 14.0.